The van der Waals surface area contributed by atoms with Crippen molar-refractivity contribution < 1.29 is 28.2 Å². The lowest BCUT2D eigenvalue weighted by molar-refractivity contribution is -0.697. The van der Waals surface area contributed by atoms with Crippen molar-refractivity contribution >= 4 is 11.9 Å². The summed E-state index contributed by atoms with van der Waals surface area (Å²) in [5.41, 5.74) is 3.09. The molecule has 0 spiro atoms. The van der Waals surface area contributed by atoms with Crippen molar-refractivity contribution in [3.8, 4) is 11.1 Å². The minimum Gasteiger partial charge on any atom is -0.462 e. The number of rotatable bonds is 29. The van der Waals surface area contributed by atoms with Crippen molar-refractivity contribution in [1.82, 2.24) is 0 Å². The Morgan fingerprint density at radius 2 is 0.630 bits per heavy atom. The van der Waals surface area contributed by atoms with E-state index in [0.29, 0.717) is 24.3 Å². The monoisotopic (exact) mass is 735 g/mol. The van der Waals surface area contributed by atoms with E-state index in [-0.39, 0.29) is 11.9 Å². The maximum absolute atomic E-state index is 12.6. The fourth-order valence-corrected chi connectivity index (χ4v) is 6.88. The third kappa shape index (κ3) is 18.1. The minimum absolute atomic E-state index is 0.273. The van der Waals surface area contributed by atoms with E-state index < -0.39 is 0 Å². The first-order valence-electron chi connectivity index (χ1n) is 21.1. The number of carbonyl (C=O) groups excluding carboxylic acids is 2. The molecule has 0 unspecified atom stereocenters. The Labute approximate surface area is 326 Å². The van der Waals surface area contributed by atoms with Gasteiger partial charge in [0, 0.05) is 37.1 Å². The summed E-state index contributed by atoms with van der Waals surface area (Å²) in [5.74, 6) is -0.546. The van der Waals surface area contributed by atoms with Gasteiger partial charge in [-0.15, -0.1) is 0 Å². The fraction of sp³-hybridized carbons (Fsp3) is 0.500. The molecule has 0 aliphatic heterocycles. The normalized spacial score (nSPS) is 11.0. The number of ether oxygens (including phenoxy) is 2. The van der Waals surface area contributed by atoms with Gasteiger partial charge in [0.15, 0.2) is 24.8 Å². The molecular weight excluding hydrogens is 669 g/mol. The van der Waals surface area contributed by atoms with Crippen LogP contribution in [0.2, 0.25) is 0 Å². The van der Waals surface area contributed by atoms with E-state index in [1.165, 1.54) is 103 Å². The average Bonchev–Trinajstić information content (AvgIpc) is 3.22. The molecule has 0 aliphatic carbocycles. The van der Waals surface area contributed by atoms with Gasteiger partial charge >= 0.3 is 11.9 Å². The van der Waals surface area contributed by atoms with E-state index in [1.54, 1.807) is 0 Å². The summed E-state index contributed by atoms with van der Waals surface area (Å²) in [4.78, 5) is 25.1. The maximum Gasteiger partial charge on any atom is 0.338 e. The Morgan fingerprint density at radius 1 is 0.352 bits per heavy atom. The van der Waals surface area contributed by atoms with Crippen LogP contribution in [0.15, 0.2) is 110 Å². The second-order valence-corrected chi connectivity index (χ2v) is 14.7. The second kappa shape index (κ2) is 27.3. The Hall–Kier alpha value is -4.32. The Kier molecular flexibility index (Phi) is 21.4. The highest BCUT2D eigenvalue weighted by Gasteiger charge is 2.10. The largest absolute Gasteiger partial charge is 0.462 e. The second-order valence-electron chi connectivity index (χ2n) is 14.7. The Morgan fingerprint density at radius 3 is 0.944 bits per heavy atom. The number of carbonyl (C=O) groups is 2. The molecule has 0 aliphatic rings. The third-order valence-electron chi connectivity index (χ3n) is 10.2. The molecular formula is C48H66N2O4+2. The molecule has 0 saturated carbocycles. The number of unbranched alkanes of at least 4 members (excludes halogenated alkanes) is 18. The lowest BCUT2D eigenvalue weighted by Crippen LogP contribution is -2.32. The minimum atomic E-state index is -0.273. The SMILES string of the molecule is O=C(OCCCCCCCCCCCC[n+]1ccccc1)c1ccc(-c2ccc(C(=O)OCCCCCCCCCCCC[n+]3ccccc3)cc2)cc1. The Bertz CT molecular complexity index is 1420. The number of benzene rings is 2. The number of pyridine rings is 2. The van der Waals surface area contributed by atoms with Gasteiger partial charge in [0.05, 0.1) is 24.3 Å². The molecule has 290 valence electrons. The van der Waals surface area contributed by atoms with Gasteiger partial charge in [-0.05, 0) is 61.1 Å². The van der Waals surface area contributed by atoms with Crippen molar-refractivity contribution in [2.24, 2.45) is 0 Å². The van der Waals surface area contributed by atoms with E-state index in [2.05, 4.69) is 70.3 Å². The number of hydrogen-bond donors (Lipinski definition) is 0. The molecule has 6 nitrogen and oxygen atoms in total. The molecule has 4 aromatic rings. The molecule has 2 aromatic heterocycles. The quantitative estimate of drug-likeness (QED) is 0.0317. The summed E-state index contributed by atoms with van der Waals surface area (Å²) in [7, 11) is 0. The van der Waals surface area contributed by atoms with E-state index in [9.17, 15) is 9.59 Å². The molecule has 0 fully saturated rings. The molecule has 2 aromatic carbocycles. The lowest BCUT2D eigenvalue weighted by atomic mass is 10.0. The number of esters is 2. The molecule has 0 N–H and O–H groups in total. The van der Waals surface area contributed by atoms with Gasteiger partial charge in [-0.3, -0.25) is 0 Å². The number of hydrogen-bond acceptors (Lipinski definition) is 4. The molecule has 0 amide bonds. The first kappa shape index (κ1) is 42.4. The average molecular weight is 735 g/mol. The van der Waals surface area contributed by atoms with Crippen LogP contribution in [0.25, 0.3) is 11.1 Å². The summed E-state index contributed by atoms with van der Waals surface area (Å²) >= 11 is 0. The number of aromatic nitrogens is 2. The molecule has 0 radical (unpaired) electrons. The highest BCUT2D eigenvalue weighted by atomic mass is 16.5. The molecule has 4 rings (SSSR count). The van der Waals surface area contributed by atoms with Crippen molar-refractivity contribution in [2.75, 3.05) is 13.2 Å². The van der Waals surface area contributed by atoms with Crippen LogP contribution in [0.3, 0.4) is 0 Å². The summed E-state index contributed by atoms with van der Waals surface area (Å²) in [6.07, 6.45) is 33.1. The maximum atomic E-state index is 12.6. The van der Waals surface area contributed by atoms with Crippen LogP contribution in [0, 0.1) is 0 Å². The van der Waals surface area contributed by atoms with E-state index in [4.69, 9.17) is 9.47 Å². The zero-order chi connectivity index (χ0) is 37.7. The van der Waals surface area contributed by atoms with Gasteiger partial charge in [-0.1, -0.05) is 126 Å². The summed E-state index contributed by atoms with van der Waals surface area (Å²) in [6, 6.07) is 27.5. The first-order chi connectivity index (χ1) is 26.7. The van der Waals surface area contributed by atoms with Gasteiger partial charge in [-0.25, -0.2) is 18.7 Å². The van der Waals surface area contributed by atoms with Crippen LogP contribution in [0.1, 0.15) is 149 Å². The predicted octanol–water partition coefficient (Wildman–Crippen LogP) is 11.4. The van der Waals surface area contributed by atoms with Gasteiger partial charge in [0.1, 0.15) is 13.1 Å². The topological polar surface area (TPSA) is 60.4 Å². The molecule has 54 heavy (non-hydrogen) atoms. The number of nitrogens with zero attached hydrogens (tertiary/aromatic N) is 2. The highest BCUT2D eigenvalue weighted by Crippen LogP contribution is 2.21. The predicted molar refractivity (Wildman–Crippen MR) is 218 cm³/mol. The molecule has 2 heterocycles. The van der Waals surface area contributed by atoms with Crippen LogP contribution >= 0.6 is 0 Å². The van der Waals surface area contributed by atoms with Crippen molar-refractivity contribution in [1.29, 1.82) is 0 Å². The van der Waals surface area contributed by atoms with Gasteiger partial charge in [0.25, 0.3) is 0 Å². The van der Waals surface area contributed by atoms with Crippen LogP contribution in [-0.2, 0) is 22.6 Å². The molecule has 6 heteroatoms. The van der Waals surface area contributed by atoms with Crippen LogP contribution in [-0.4, -0.2) is 25.2 Å². The van der Waals surface area contributed by atoms with Crippen LogP contribution in [0.5, 0.6) is 0 Å². The third-order valence-corrected chi connectivity index (χ3v) is 10.2. The summed E-state index contributed by atoms with van der Waals surface area (Å²) in [6.45, 7) is 3.16. The first-order valence-corrected chi connectivity index (χ1v) is 21.1. The summed E-state index contributed by atoms with van der Waals surface area (Å²) in [5, 5.41) is 0. The van der Waals surface area contributed by atoms with Crippen LogP contribution < -0.4 is 9.13 Å². The van der Waals surface area contributed by atoms with Crippen molar-refractivity contribution in [3.05, 3.63) is 121 Å². The zero-order valence-electron chi connectivity index (χ0n) is 32.9. The smallest absolute Gasteiger partial charge is 0.338 e. The van der Waals surface area contributed by atoms with Crippen molar-refractivity contribution in [2.45, 2.75) is 142 Å². The van der Waals surface area contributed by atoms with Gasteiger partial charge in [-0.2, -0.15) is 0 Å². The summed E-state index contributed by atoms with van der Waals surface area (Å²) < 4.78 is 15.6. The molecule has 0 saturated heterocycles. The van der Waals surface area contributed by atoms with Gasteiger partial charge in [0.2, 0.25) is 0 Å². The molecule has 0 atom stereocenters. The van der Waals surface area contributed by atoms with E-state index in [1.807, 2.05) is 48.5 Å². The van der Waals surface area contributed by atoms with Gasteiger partial charge < -0.3 is 9.47 Å². The zero-order valence-corrected chi connectivity index (χ0v) is 32.9. The standard InChI is InChI=1S/C48H66N2O4/c51-47(53-41-25-15-11-7-3-1-5-9-13-19-35-49-37-21-17-22-38-49)45-31-27-43(28-32-45)44-29-33-46(34-30-44)48(52)54-42-26-16-12-8-4-2-6-10-14-20-36-50-39-23-18-24-40-50/h17-18,21-24,27-34,37-40H,1-16,19-20,25-26,35-36,41-42H2/q+2. The van der Waals surface area contributed by atoms with E-state index in [0.717, 1.165) is 49.9 Å². The Balaban J connectivity index is 0.950. The fourth-order valence-electron chi connectivity index (χ4n) is 6.88. The van der Waals surface area contributed by atoms with Crippen LogP contribution in [0.4, 0.5) is 0 Å². The van der Waals surface area contributed by atoms with Crippen molar-refractivity contribution in [3.63, 3.8) is 0 Å². The number of aryl methyl sites for hydroxylation is 2. The lowest BCUT2D eigenvalue weighted by Gasteiger charge is -2.08. The molecule has 0 bridgehead atoms. The van der Waals surface area contributed by atoms with E-state index >= 15 is 0 Å². The highest BCUT2D eigenvalue weighted by molar-refractivity contribution is 5.91.